The molecule has 0 aromatic rings. The minimum absolute atomic E-state index is 0.402. The van der Waals surface area contributed by atoms with Gasteiger partial charge in [0.25, 0.3) is 0 Å². The number of rotatable bonds is 7. The molecular weight excluding hydrogens is 220 g/mol. The summed E-state index contributed by atoms with van der Waals surface area (Å²) in [7, 11) is 0. The molecule has 1 fully saturated rings. The van der Waals surface area contributed by atoms with E-state index in [0.717, 1.165) is 6.04 Å². The van der Waals surface area contributed by atoms with Crippen LogP contribution in [0.3, 0.4) is 0 Å². The minimum atomic E-state index is 0.402. The molecule has 0 aromatic heterocycles. The standard InChI is InChI=1S/C16H34N2/c1-6-10-14(5)18-12-15(11-7-2)17-13-16(18,8-3)9-4/h14-15,17H,6-13H2,1-5H3. The zero-order valence-corrected chi connectivity index (χ0v) is 13.3. The molecule has 0 saturated carbocycles. The van der Waals surface area contributed by atoms with Crippen LogP contribution in [0.1, 0.15) is 73.1 Å². The summed E-state index contributed by atoms with van der Waals surface area (Å²) in [4.78, 5) is 2.83. The summed E-state index contributed by atoms with van der Waals surface area (Å²) in [5.41, 5.74) is 0.402. The van der Waals surface area contributed by atoms with E-state index in [4.69, 9.17) is 0 Å². The van der Waals surface area contributed by atoms with Gasteiger partial charge in [-0.2, -0.15) is 0 Å². The average molecular weight is 254 g/mol. The lowest BCUT2D eigenvalue weighted by atomic mass is 9.84. The monoisotopic (exact) mass is 254 g/mol. The molecule has 0 aliphatic carbocycles. The smallest absolute Gasteiger partial charge is 0.0332 e. The second-order valence-corrected chi connectivity index (χ2v) is 6.09. The number of piperazine rings is 1. The Morgan fingerprint density at radius 3 is 2.33 bits per heavy atom. The molecule has 0 amide bonds. The molecule has 1 rings (SSSR count). The maximum atomic E-state index is 3.80. The summed E-state index contributed by atoms with van der Waals surface area (Å²) in [6, 6.07) is 1.44. The first-order valence-electron chi connectivity index (χ1n) is 8.13. The van der Waals surface area contributed by atoms with Crippen LogP contribution in [0.4, 0.5) is 0 Å². The Bertz CT molecular complexity index is 223. The van der Waals surface area contributed by atoms with E-state index in [0.29, 0.717) is 11.6 Å². The Labute approximate surface area is 115 Å². The molecule has 1 heterocycles. The second kappa shape index (κ2) is 7.49. The maximum absolute atomic E-state index is 3.80. The van der Waals surface area contributed by atoms with Crippen LogP contribution in [0.25, 0.3) is 0 Å². The Morgan fingerprint density at radius 1 is 1.17 bits per heavy atom. The number of nitrogens with zero attached hydrogens (tertiary/aromatic N) is 1. The van der Waals surface area contributed by atoms with Gasteiger partial charge in [-0.1, -0.05) is 40.5 Å². The number of nitrogens with one attached hydrogen (secondary N) is 1. The Balaban J connectivity index is 2.78. The van der Waals surface area contributed by atoms with Gasteiger partial charge in [-0.05, 0) is 32.6 Å². The van der Waals surface area contributed by atoms with Crippen LogP contribution < -0.4 is 5.32 Å². The van der Waals surface area contributed by atoms with Gasteiger partial charge in [0.2, 0.25) is 0 Å². The van der Waals surface area contributed by atoms with Gasteiger partial charge in [0.15, 0.2) is 0 Å². The summed E-state index contributed by atoms with van der Waals surface area (Å²) in [5.74, 6) is 0. The lowest BCUT2D eigenvalue weighted by Gasteiger charge is -2.52. The van der Waals surface area contributed by atoms with Crippen molar-refractivity contribution in [3.05, 3.63) is 0 Å². The zero-order valence-electron chi connectivity index (χ0n) is 13.3. The first-order valence-corrected chi connectivity index (χ1v) is 8.13. The second-order valence-electron chi connectivity index (χ2n) is 6.09. The third kappa shape index (κ3) is 3.48. The highest BCUT2D eigenvalue weighted by Gasteiger charge is 2.40. The van der Waals surface area contributed by atoms with Crippen LogP contribution in [0.5, 0.6) is 0 Å². The van der Waals surface area contributed by atoms with Gasteiger partial charge in [-0.25, -0.2) is 0 Å². The summed E-state index contributed by atoms with van der Waals surface area (Å²) < 4.78 is 0. The fraction of sp³-hybridized carbons (Fsp3) is 1.00. The van der Waals surface area contributed by atoms with Gasteiger partial charge in [-0.15, -0.1) is 0 Å². The van der Waals surface area contributed by atoms with E-state index in [1.807, 2.05) is 0 Å². The van der Waals surface area contributed by atoms with Crippen LogP contribution in [0.2, 0.25) is 0 Å². The molecule has 108 valence electrons. The first-order chi connectivity index (χ1) is 8.63. The van der Waals surface area contributed by atoms with E-state index in [1.54, 1.807) is 0 Å². The molecule has 1 aliphatic rings. The van der Waals surface area contributed by atoms with Gasteiger partial charge >= 0.3 is 0 Å². The van der Waals surface area contributed by atoms with Crippen LogP contribution in [0.15, 0.2) is 0 Å². The Hall–Kier alpha value is -0.0800. The third-order valence-electron chi connectivity index (χ3n) is 4.94. The molecule has 1 saturated heterocycles. The molecule has 1 N–H and O–H groups in total. The highest BCUT2D eigenvalue weighted by Crippen LogP contribution is 2.31. The van der Waals surface area contributed by atoms with Crippen molar-refractivity contribution in [2.75, 3.05) is 13.1 Å². The molecule has 0 spiro atoms. The van der Waals surface area contributed by atoms with E-state index in [2.05, 4.69) is 44.8 Å². The van der Waals surface area contributed by atoms with E-state index in [1.165, 1.54) is 51.6 Å². The molecule has 2 atom stereocenters. The number of hydrogen-bond acceptors (Lipinski definition) is 2. The van der Waals surface area contributed by atoms with Crippen molar-refractivity contribution in [3.8, 4) is 0 Å². The van der Waals surface area contributed by atoms with Crippen LogP contribution in [-0.2, 0) is 0 Å². The third-order valence-corrected chi connectivity index (χ3v) is 4.94. The van der Waals surface area contributed by atoms with Crippen LogP contribution in [0, 0.1) is 0 Å². The van der Waals surface area contributed by atoms with Gasteiger partial charge in [0.1, 0.15) is 0 Å². The fourth-order valence-electron chi connectivity index (χ4n) is 3.60. The average Bonchev–Trinajstić information content (AvgIpc) is 2.39. The largest absolute Gasteiger partial charge is 0.311 e. The summed E-state index contributed by atoms with van der Waals surface area (Å²) >= 11 is 0. The molecule has 2 nitrogen and oxygen atoms in total. The Kier molecular flexibility index (Phi) is 6.65. The molecule has 1 aliphatic heterocycles. The first kappa shape index (κ1) is 16.0. The maximum Gasteiger partial charge on any atom is 0.0332 e. The van der Waals surface area contributed by atoms with Crippen LogP contribution in [-0.4, -0.2) is 35.6 Å². The number of hydrogen-bond donors (Lipinski definition) is 1. The van der Waals surface area contributed by atoms with Gasteiger partial charge in [0.05, 0.1) is 0 Å². The Morgan fingerprint density at radius 2 is 1.83 bits per heavy atom. The van der Waals surface area contributed by atoms with Gasteiger partial charge in [-0.3, -0.25) is 4.90 Å². The van der Waals surface area contributed by atoms with Gasteiger partial charge in [0, 0.05) is 30.7 Å². The van der Waals surface area contributed by atoms with E-state index < -0.39 is 0 Å². The van der Waals surface area contributed by atoms with Crippen molar-refractivity contribution >= 4 is 0 Å². The molecule has 0 aromatic carbocycles. The summed E-state index contributed by atoms with van der Waals surface area (Å²) in [5, 5.41) is 3.80. The molecule has 18 heavy (non-hydrogen) atoms. The predicted octanol–water partition coefficient (Wildman–Crippen LogP) is 3.81. The highest BCUT2D eigenvalue weighted by molar-refractivity contribution is 4.99. The van der Waals surface area contributed by atoms with Crippen molar-refractivity contribution in [3.63, 3.8) is 0 Å². The minimum Gasteiger partial charge on any atom is -0.311 e. The topological polar surface area (TPSA) is 15.3 Å². The lowest BCUT2D eigenvalue weighted by Crippen LogP contribution is -2.66. The van der Waals surface area contributed by atoms with E-state index in [9.17, 15) is 0 Å². The molecule has 0 radical (unpaired) electrons. The van der Waals surface area contributed by atoms with Gasteiger partial charge < -0.3 is 5.32 Å². The molecule has 0 bridgehead atoms. The lowest BCUT2D eigenvalue weighted by molar-refractivity contribution is -0.00346. The SMILES string of the molecule is CCCC1CN(C(C)CCC)C(CC)(CC)CN1. The van der Waals surface area contributed by atoms with Crippen LogP contribution >= 0.6 is 0 Å². The van der Waals surface area contributed by atoms with E-state index >= 15 is 0 Å². The van der Waals surface area contributed by atoms with Crippen molar-refractivity contribution < 1.29 is 0 Å². The zero-order chi connectivity index (χ0) is 13.6. The van der Waals surface area contributed by atoms with Crippen molar-refractivity contribution in [1.82, 2.24) is 10.2 Å². The predicted molar refractivity (Wildman–Crippen MR) is 81.1 cm³/mol. The molecule has 2 heteroatoms. The molecule has 2 unspecified atom stereocenters. The van der Waals surface area contributed by atoms with Crippen molar-refractivity contribution in [2.24, 2.45) is 0 Å². The van der Waals surface area contributed by atoms with E-state index in [-0.39, 0.29) is 0 Å². The quantitative estimate of drug-likeness (QED) is 0.743. The summed E-state index contributed by atoms with van der Waals surface area (Å²) in [6.45, 7) is 14.2. The normalized spacial score (nSPS) is 26.2. The van der Waals surface area contributed by atoms with Crippen molar-refractivity contribution in [2.45, 2.75) is 90.8 Å². The fourth-order valence-corrected chi connectivity index (χ4v) is 3.60. The summed E-state index contributed by atoms with van der Waals surface area (Å²) in [6.07, 6.45) is 7.78. The highest BCUT2D eigenvalue weighted by atomic mass is 15.3. The van der Waals surface area contributed by atoms with Crippen molar-refractivity contribution in [1.29, 1.82) is 0 Å². The molecular formula is C16H34N2.